The molecule has 10 aliphatic rings. The van der Waals surface area contributed by atoms with E-state index in [-0.39, 0.29) is 0 Å². The van der Waals surface area contributed by atoms with E-state index in [4.69, 9.17) is 0 Å². The second kappa shape index (κ2) is 24.7. The zero-order valence-electron chi connectivity index (χ0n) is 40.0. The quantitative estimate of drug-likeness (QED) is 0.264. The molecule has 0 aromatic rings. The van der Waals surface area contributed by atoms with Gasteiger partial charge in [0.1, 0.15) is 0 Å². The lowest BCUT2D eigenvalue weighted by Gasteiger charge is -2.55. The van der Waals surface area contributed by atoms with Crippen LogP contribution < -0.4 is 5.32 Å². The van der Waals surface area contributed by atoms with Gasteiger partial charge < -0.3 is 20.0 Å². The maximum absolute atomic E-state index is 3.30. The molecule has 326 valence electrons. The van der Waals surface area contributed by atoms with Crippen molar-refractivity contribution in [2.45, 2.75) is 247 Å². The summed E-state index contributed by atoms with van der Waals surface area (Å²) >= 11 is 0. The minimum Gasteiger partial charge on any atom is -0.315 e. The summed E-state index contributed by atoms with van der Waals surface area (Å²) in [5.74, 6) is 4.24. The first-order valence-corrected chi connectivity index (χ1v) is 24.4. The Labute approximate surface area is 346 Å². The van der Waals surface area contributed by atoms with E-state index in [1.807, 2.05) is 0 Å². The second-order valence-corrected chi connectivity index (χ2v) is 21.4. The van der Waals surface area contributed by atoms with Crippen molar-refractivity contribution in [1.82, 2.24) is 29.8 Å². The summed E-state index contributed by atoms with van der Waals surface area (Å²) in [5, 5.41) is 3.30. The monoisotopic (exact) mass is 773 g/mol. The Hall–Kier alpha value is -0.240. The summed E-state index contributed by atoms with van der Waals surface area (Å²) in [5.41, 5.74) is 0. The van der Waals surface area contributed by atoms with Crippen molar-refractivity contribution in [3.05, 3.63) is 0 Å². The van der Waals surface area contributed by atoms with Gasteiger partial charge in [-0.15, -0.1) is 0 Å². The molecule has 0 aromatic heterocycles. The summed E-state index contributed by atoms with van der Waals surface area (Å²) in [6, 6.07) is 8.32. The standard InChI is InChI=1S/2C10H19N.2C9H17N.C6H15N.C5H13N/c1-8(2)11-6-9-3-4-10(5-9)7-11;1-8(2)11-9-4-3-5-10(11)7-6-9;1-7(2)10-5-8-3-9(4-8)6-10;1-7(2)10-8-4-3-5-9(10)6-8;1-4-5-7-6(2)3;1-5(2)6(3)4/h2*8-10H,3-7H2,1-2H3;2*7-9H,3-6H2,1-2H3;6-7H,4-5H2,1-3H3;5H,1-4H3. The van der Waals surface area contributed by atoms with Gasteiger partial charge in [0.05, 0.1) is 0 Å². The van der Waals surface area contributed by atoms with Crippen molar-refractivity contribution in [2.24, 2.45) is 23.7 Å². The predicted octanol–water partition coefficient (Wildman–Crippen LogP) is 10.6. The summed E-state index contributed by atoms with van der Waals surface area (Å²) in [4.78, 5) is 12.9. The molecule has 6 heteroatoms. The molecule has 10 fully saturated rings. The van der Waals surface area contributed by atoms with E-state index >= 15 is 0 Å². The molecule has 6 atom stereocenters. The summed E-state index contributed by atoms with van der Waals surface area (Å²) in [6.07, 6.45) is 22.1. The smallest absolute Gasteiger partial charge is 0.0116 e. The zero-order valence-corrected chi connectivity index (χ0v) is 40.0. The third-order valence-corrected chi connectivity index (χ3v) is 14.7. The lowest BCUT2D eigenvalue weighted by Crippen LogP contribution is -2.61. The Morgan fingerprint density at radius 1 is 0.473 bits per heavy atom. The number of nitrogens with one attached hydrogen (secondary N) is 1. The van der Waals surface area contributed by atoms with Gasteiger partial charge >= 0.3 is 0 Å². The molecule has 8 bridgehead atoms. The Balaban J connectivity index is 0.000000180. The molecule has 3 aliphatic carbocycles. The number of piperidine rings is 5. The van der Waals surface area contributed by atoms with E-state index in [0.717, 1.165) is 78.6 Å². The fourth-order valence-corrected chi connectivity index (χ4v) is 11.1. The van der Waals surface area contributed by atoms with E-state index in [1.165, 1.54) is 122 Å². The Bertz CT molecular complexity index is 930. The van der Waals surface area contributed by atoms with Gasteiger partial charge in [-0.05, 0) is 197 Å². The number of hydrogen-bond donors (Lipinski definition) is 1. The molecule has 7 aliphatic heterocycles. The van der Waals surface area contributed by atoms with Crippen molar-refractivity contribution >= 4 is 0 Å². The van der Waals surface area contributed by atoms with Crippen molar-refractivity contribution in [1.29, 1.82) is 0 Å². The van der Waals surface area contributed by atoms with E-state index in [9.17, 15) is 0 Å². The third kappa shape index (κ3) is 16.4. The maximum Gasteiger partial charge on any atom is 0.0116 e. The molecule has 7 saturated heterocycles. The molecule has 7 heterocycles. The van der Waals surface area contributed by atoms with Gasteiger partial charge in [0, 0.05) is 86.6 Å². The van der Waals surface area contributed by atoms with Gasteiger partial charge in [0.15, 0.2) is 0 Å². The zero-order chi connectivity index (χ0) is 40.8. The van der Waals surface area contributed by atoms with Crippen LogP contribution in [0.3, 0.4) is 0 Å². The molecule has 1 N–H and O–H groups in total. The molecule has 3 saturated carbocycles. The van der Waals surface area contributed by atoms with Crippen molar-refractivity contribution < 1.29 is 0 Å². The molecular formula is C49H100N6. The Morgan fingerprint density at radius 3 is 1.11 bits per heavy atom. The Kier molecular flexibility index (Phi) is 22.1. The van der Waals surface area contributed by atoms with Gasteiger partial charge in [-0.2, -0.15) is 0 Å². The van der Waals surface area contributed by atoms with Crippen LogP contribution in [0, 0.1) is 23.7 Å². The van der Waals surface area contributed by atoms with Crippen molar-refractivity contribution in [2.75, 3.05) is 46.8 Å². The van der Waals surface area contributed by atoms with Crippen LogP contribution in [0.25, 0.3) is 0 Å². The fraction of sp³-hybridized carbons (Fsp3) is 1.00. The van der Waals surface area contributed by atoms with Gasteiger partial charge in [0.25, 0.3) is 0 Å². The highest BCUT2D eigenvalue weighted by atomic mass is 15.3. The van der Waals surface area contributed by atoms with Crippen molar-refractivity contribution in [3.8, 4) is 0 Å². The van der Waals surface area contributed by atoms with Crippen LogP contribution in [0.2, 0.25) is 0 Å². The predicted molar refractivity (Wildman–Crippen MR) is 243 cm³/mol. The molecule has 6 unspecified atom stereocenters. The minimum absolute atomic E-state index is 0.653. The van der Waals surface area contributed by atoms with Crippen LogP contribution in [0.4, 0.5) is 0 Å². The van der Waals surface area contributed by atoms with Crippen LogP contribution in [-0.2, 0) is 0 Å². The lowest BCUT2D eigenvalue weighted by molar-refractivity contribution is -0.0511. The first-order valence-electron chi connectivity index (χ1n) is 24.4. The van der Waals surface area contributed by atoms with E-state index in [0.29, 0.717) is 12.1 Å². The molecule has 0 aromatic carbocycles. The van der Waals surface area contributed by atoms with Gasteiger partial charge in [0.2, 0.25) is 0 Å². The third-order valence-electron chi connectivity index (χ3n) is 14.7. The average Bonchev–Trinajstić information content (AvgIpc) is 3.60. The summed E-state index contributed by atoms with van der Waals surface area (Å²) < 4.78 is 0. The lowest BCUT2D eigenvalue weighted by atomic mass is 9.71. The Morgan fingerprint density at radius 2 is 0.836 bits per heavy atom. The summed E-state index contributed by atoms with van der Waals surface area (Å²) in [6.45, 7) is 36.1. The second-order valence-electron chi connectivity index (χ2n) is 21.4. The largest absolute Gasteiger partial charge is 0.315 e. The highest BCUT2D eigenvalue weighted by Gasteiger charge is 2.42. The van der Waals surface area contributed by atoms with E-state index in [1.54, 1.807) is 0 Å². The van der Waals surface area contributed by atoms with Crippen LogP contribution >= 0.6 is 0 Å². The number of likely N-dealkylation sites (tertiary alicyclic amines) is 1. The minimum atomic E-state index is 0.653. The van der Waals surface area contributed by atoms with Crippen LogP contribution in [0.1, 0.15) is 186 Å². The molecule has 55 heavy (non-hydrogen) atoms. The average molecular weight is 773 g/mol. The highest BCUT2D eigenvalue weighted by molar-refractivity contribution is 4.98. The number of fused-ring (bicyclic) bond motifs is 8. The van der Waals surface area contributed by atoms with Gasteiger partial charge in [-0.25, -0.2) is 0 Å². The molecule has 0 radical (unpaired) electrons. The molecule has 6 nitrogen and oxygen atoms in total. The van der Waals surface area contributed by atoms with Crippen molar-refractivity contribution in [3.63, 3.8) is 0 Å². The van der Waals surface area contributed by atoms with Gasteiger partial charge in [-0.3, -0.25) is 9.80 Å². The maximum atomic E-state index is 3.30. The summed E-state index contributed by atoms with van der Waals surface area (Å²) in [7, 11) is 4.15. The number of rotatable bonds is 8. The highest BCUT2D eigenvalue weighted by Crippen LogP contribution is 2.41. The molecule has 10 rings (SSSR count). The SMILES string of the molecule is CC(C)N(C)C.CC(C)N1C2CCCC1C2.CC(C)N1C2CCCC1CC2.CC(C)N1CC2CC(C2)C1.CC(C)N1CC2CCC(C2)C1.CCCNC(C)C. The number of hydrogen-bond acceptors (Lipinski definition) is 6. The first-order chi connectivity index (χ1) is 26.0. The fourth-order valence-electron chi connectivity index (χ4n) is 11.1. The molecule has 0 amide bonds. The van der Waals surface area contributed by atoms with Crippen LogP contribution in [0.15, 0.2) is 0 Å². The topological polar surface area (TPSA) is 28.2 Å². The van der Waals surface area contributed by atoms with Gasteiger partial charge in [-0.1, -0.05) is 33.6 Å². The van der Waals surface area contributed by atoms with E-state index < -0.39 is 0 Å². The molecule has 0 spiro atoms. The number of nitrogens with zero attached hydrogens (tertiary/aromatic N) is 5. The van der Waals surface area contributed by atoms with E-state index in [2.05, 4.69) is 134 Å². The first kappa shape index (κ1) is 49.1. The van der Waals surface area contributed by atoms with Crippen LogP contribution in [0.5, 0.6) is 0 Å². The molecular weight excluding hydrogens is 673 g/mol. The van der Waals surface area contributed by atoms with Crippen LogP contribution in [-0.4, -0.2) is 132 Å². The normalized spacial score (nSPS) is 32.4.